The fourth-order valence-electron chi connectivity index (χ4n) is 2.07. The third-order valence-corrected chi connectivity index (χ3v) is 3.71. The summed E-state index contributed by atoms with van der Waals surface area (Å²) in [5.41, 5.74) is 1.32. The lowest BCUT2D eigenvalue weighted by atomic mass is 10.2. The van der Waals surface area contributed by atoms with Gasteiger partial charge in [-0.05, 0) is 42.5 Å². The van der Waals surface area contributed by atoms with Crippen molar-refractivity contribution in [1.29, 1.82) is 0 Å². The van der Waals surface area contributed by atoms with Crippen LogP contribution in [-0.2, 0) is 4.79 Å². The summed E-state index contributed by atoms with van der Waals surface area (Å²) in [4.78, 5) is 16.2. The summed E-state index contributed by atoms with van der Waals surface area (Å²) < 4.78 is 5.50. The van der Waals surface area contributed by atoms with Gasteiger partial charge in [-0.15, -0.1) is 0 Å². The first-order valence-corrected chi connectivity index (χ1v) is 7.60. The molecule has 0 bridgehead atoms. The second-order valence-electron chi connectivity index (χ2n) is 4.82. The quantitative estimate of drug-likeness (QED) is 0.753. The van der Waals surface area contributed by atoms with E-state index >= 15 is 0 Å². The topological polar surface area (TPSA) is 51.2 Å². The van der Waals surface area contributed by atoms with Gasteiger partial charge in [-0.2, -0.15) is 0 Å². The molecule has 116 valence electrons. The van der Waals surface area contributed by atoms with Gasteiger partial charge in [-0.1, -0.05) is 29.3 Å². The Morgan fingerprint density at radius 2 is 2.00 bits per heavy atom. The number of hydrogen-bond donors (Lipinski definition) is 1. The van der Waals surface area contributed by atoms with Crippen LogP contribution >= 0.6 is 23.2 Å². The number of carbonyl (C=O) groups excluding carboxylic acids is 1. The van der Waals surface area contributed by atoms with Crippen LogP contribution in [-0.4, -0.2) is 17.5 Å². The molecule has 0 saturated carbocycles. The van der Waals surface area contributed by atoms with Gasteiger partial charge >= 0.3 is 0 Å². The molecule has 0 spiro atoms. The summed E-state index contributed by atoms with van der Waals surface area (Å²) in [5.74, 6) is 0.276. The molecule has 1 aromatic heterocycles. The van der Waals surface area contributed by atoms with Gasteiger partial charge < -0.3 is 10.1 Å². The Hall–Kier alpha value is -2.30. The van der Waals surface area contributed by atoms with E-state index in [-0.39, 0.29) is 12.5 Å². The minimum Gasteiger partial charge on any atom is -0.484 e. The van der Waals surface area contributed by atoms with E-state index in [4.69, 9.17) is 27.9 Å². The Balaban J connectivity index is 1.64. The van der Waals surface area contributed by atoms with Crippen LogP contribution in [0.5, 0.6) is 5.75 Å². The zero-order valence-electron chi connectivity index (χ0n) is 11.9. The molecule has 0 unspecified atom stereocenters. The minimum atomic E-state index is -0.319. The van der Waals surface area contributed by atoms with Crippen molar-refractivity contribution in [2.45, 2.75) is 0 Å². The Labute approximate surface area is 143 Å². The maximum atomic E-state index is 12.0. The molecule has 0 aliphatic rings. The number of ether oxygens (including phenoxy) is 1. The molecule has 2 aromatic carbocycles. The molecule has 23 heavy (non-hydrogen) atoms. The normalized spacial score (nSPS) is 10.5. The first kappa shape index (κ1) is 15.6. The van der Waals surface area contributed by atoms with E-state index in [1.165, 1.54) is 0 Å². The average molecular weight is 347 g/mol. The number of nitrogens with zero attached hydrogens (tertiary/aromatic N) is 1. The molecule has 0 radical (unpaired) electrons. The van der Waals surface area contributed by atoms with E-state index in [0.29, 0.717) is 21.5 Å². The molecule has 4 nitrogen and oxygen atoms in total. The van der Waals surface area contributed by atoms with E-state index < -0.39 is 0 Å². The van der Waals surface area contributed by atoms with Crippen LogP contribution in [0.4, 0.5) is 5.69 Å². The molecule has 3 aromatic rings. The zero-order chi connectivity index (χ0) is 16.2. The number of aromatic nitrogens is 1. The Morgan fingerprint density at radius 3 is 2.87 bits per heavy atom. The van der Waals surface area contributed by atoms with Gasteiger partial charge in [0.05, 0.1) is 16.2 Å². The number of pyridine rings is 1. The summed E-state index contributed by atoms with van der Waals surface area (Å²) >= 11 is 11.9. The summed E-state index contributed by atoms with van der Waals surface area (Å²) in [5, 5.41) is 4.52. The van der Waals surface area contributed by atoms with E-state index in [1.807, 2.05) is 24.3 Å². The van der Waals surface area contributed by atoms with Gasteiger partial charge in [0.2, 0.25) is 0 Å². The Morgan fingerprint density at radius 1 is 1.13 bits per heavy atom. The summed E-state index contributed by atoms with van der Waals surface area (Å²) in [6, 6.07) is 14.1. The van der Waals surface area contributed by atoms with Crippen LogP contribution in [0.3, 0.4) is 0 Å². The summed E-state index contributed by atoms with van der Waals surface area (Å²) in [6.07, 6.45) is 1.73. The largest absolute Gasteiger partial charge is 0.484 e. The molecule has 6 heteroatoms. The number of nitrogens with one attached hydrogen (secondary N) is 1. The molecule has 0 fully saturated rings. The second kappa shape index (κ2) is 6.86. The van der Waals surface area contributed by atoms with Gasteiger partial charge in [-0.3, -0.25) is 9.78 Å². The molecule has 0 atom stereocenters. The number of benzene rings is 2. The third kappa shape index (κ3) is 3.92. The molecular weight excluding hydrogens is 335 g/mol. The monoisotopic (exact) mass is 346 g/mol. The number of carbonyl (C=O) groups is 1. The van der Waals surface area contributed by atoms with E-state index in [0.717, 1.165) is 10.9 Å². The Bertz CT molecular complexity index is 868. The smallest absolute Gasteiger partial charge is 0.262 e. The van der Waals surface area contributed by atoms with Crippen molar-refractivity contribution in [3.05, 3.63) is 64.8 Å². The zero-order valence-corrected chi connectivity index (χ0v) is 13.4. The van der Waals surface area contributed by atoms with Gasteiger partial charge in [0.1, 0.15) is 5.75 Å². The number of anilines is 1. The van der Waals surface area contributed by atoms with E-state index in [1.54, 1.807) is 30.5 Å². The fraction of sp³-hybridized carbons (Fsp3) is 0.0588. The molecule has 1 amide bonds. The number of fused-ring (bicyclic) bond motifs is 1. The lowest BCUT2D eigenvalue weighted by Gasteiger charge is -2.09. The van der Waals surface area contributed by atoms with Crippen LogP contribution in [0.25, 0.3) is 10.9 Å². The Kier molecular flexibility index (Phi) is 4.65. The minimum absolute atomic E-state index is 0.130. The van der Waals surface area contributed by atoms with Crippen LogP contribution in [0, 0.1) is 0 Å². The second-order valence-corrected chi connectivity index (χ2v) is 5.66. The van der Waals surface area contributed by atoms with E-state index in [9.17, 15) is 4.79 Å². The number of halogens is 2. The predicted octanol–water partition coefficient (Wildman–Crippen LogP) is 4.56. The maximum absolute atomic E-state index is 12.0. The van der Waals surface area contributed by atoms with Crippen molar-refractivity contribution in [2.75, 3.05) is 11.9 Å². The maximum Gasteiger partial charge on any atom is 0.262 e. The summed E-state index contributed by atoms with van der Waals surface area (Å²) in [6.45, 7) is -0.130. The first-order valence-electron chi connectivity index (χ1n) is 6.84. The van der Waals surface area contributed by atoms with Crippen molar-refractivity contribution >= 4 is 45.7 Å². The van der Waals surface area contributed by atoms with Crippen molar-refractivity contribution in [2.24, 2.45) is 0 Å². The van der Waals surface area contributed by atoms with Gasteiger partial charge in [0.25, 0.3) is 5.91 Å². The van der Waals surface area contributed by atoms with E-state index in [2.05, 4.69) is 10.3 Å². The lowest BCUT2D eigenvalue weighted by Crippen LogP contribution is -2.20. The standard InChI is InChI=1S/C17H12Cl2N2O2/c18-12-3-5-14(19)16(9-12)21-17(22)10-23-13-4-6-15-11(8-13)2-1-7-20-15/h1-9H,10H2,(H,21,22). The highest BCUT2D eigenvalue weighted by atomic mass is 35.5. The number of hydrogen-bond acceptors (Lipinski definition) is 3. The van der Waals surface area contributed by atoms with Gasteiger partial charge in [-0.25, -0.2) is 0 Å². The SMILES string of the molecule is O=C(COc1ccc2ncccc2c1)Nc1cc(Cl)ccc1Cl. The molecule has 3 rings (SSSR count). The van der Waals surface area contributed by atoms with Crippen molar-refractivity contribution in [1.82, 2.24) is 4.98 Å². The van der Waals surface area contributed by atoms with Crippen molar-refractivity contribution in [3.8, 4) is 5.75 Å². The predicted molar refractivity (Wildman–Crippen MR) is 92.3 cm³/mol. The molecule has 0 saturated heterocycles. The fourth-order valence-corrected chi connectivity index (χ4v) is 2.41. The third-order valence-electron chi connectivity index (χ3n) is 3.15. The molecule has 0 aliphatic carbocycles. The van der Waals surface area contributed by atoms with Gasteiger partial charge in [0, 0.05) is 16.6 Å². The molecule has 1 heterocycles. The molecule has 0 aliphatic heterocycles. The first-order chi connectivity index (χ1) is 11.1. The number of rotatable bonds is 4. The van der Waals surface area contributed by atoms with Gasteiger partial charge in [0.15, 0.2) is 6.61 Å². The highest BCUT2D eigenvalue weighted by molar-refractivity contribution is 6.35. The van der Waals surface area contributed by atoms with Crippen LogP contribution in [0.15, 0.2) is 54.7 Å². The van der Waals surface area contributed by atoms with Crippen LogP contribution < -0.4 is 10.1 Å². The molecular formula is C17H12Cl2N2O2. The summed E-state index contributed by atoms with van der Waals surface area (Å²) in [7, 11) is 0. The highest BCUT2D eigenvalue weighted by Gasteiger charge is 2.08. The average Bonchev–Trinajstić information content (AvgIpc) is 2.56. The van der Waals surface area contributed by atoms with Crippen molar-refractivity contribution in [3.63, 3.8) is 0 Å². The lowest BCUT2D eigenvalue weighted by molar-refractivity contribution is -0.118. The number of amides is 1. The molecule has 1 N–H and O–H groups in total. The van der Waals surface area contributed by atoms with Crippen molar-refractivity contribution < 1.29 is 9.53 Å². The van der Waals surface area contributed by atoms with Crippen LogP contribution in [0.2, 0.25) is 10.0 Å². The highest BCUT2D eigenvalue weighted by Crippen LogP contribution is 2.25. The van der Waals surface area contributed by atoms with Crippen LogP contribution in [0.1, 0.15) is 0 Å².